The number of aliphatic hydroxyl groups is 1. The fraction of sp³-hybridized carbons (Fsp3) is 0.438. The predicted octanol–water partition coefficient (Wildman–Crippen LogP) is 1.91. The van der Waals surface area contributed by atoms with E-state index in [0.717, 1.165) is 12.2 Å². The Labute approximate surface area is 130 Å². The van der Waals surface area contributed by atoms with E-state index in [2.05, 4.69) is 17.2 Å². The Morgan fingerprint density at radius 3 is 2.86 bits per heavy atom. The standard InChI is InChI=1S/C16H21NO3S/c1-4-14(11-21-3)17-16(19)13-7-8-15(20-2)12(10-13)6-5-9-18/h7-8,10,14,18H,4,9,11H2,1-3H3,(H,17,19). The number of hydrogen-bond donors (Lipinski definition) is 2. The van der Waals surface area contributed by atoms with E-state index in [1.54, 1.807) is 37.1 Å². The summed E-state index contributed by atoms with van der Waals surface area (Å²) in [4.78, 5) is 12.3. The molecule has 0 spiro atoms. The number of carbonyl (C=O) groups excluding carboxylic acids is 1. The molecule has 0 aliphatic rings. The van der Waals surface area contributed by atoms with Crippen LogP contribution >= 0.6 is 11.8 Å². The minimum Gasteiger partial charge on any atom is -0.495 e. The number of nitrogens with one attached hydrogen (secondary N) is 1. The second kappa shape index (κ2) is 9.32. The Morgan fingerprint density at radius 2 is 2.29 bits per heavy atom. The van der Waals surface area contributed by atoms with Gasteiger partial charge in [-0.3, -0.25) is 4.79 Å². The lowest BCUT2D eigenvalue weighted by atomic mass is 10.1. The molecular formula is C16H21NO3S. The maximum Gasteiger partial charge on any atom is 0.251 e. The van der Waals surface area contributed by atoms with Gasteiger partial charge >= 0.3 is 0 Å². The summed E-state index contributed by atoms with van der Waals surface area (Å²) in [6.45, 7) is 1.82. The summed E-state index contributed by atoms with van der Waals surface area (Å²) in [5.74, 6) is 6.71. The first-order valence-corrected chi connectivity index (χ1v) is 8.13. The van der Waals surface area contributed by atoms with Crippen LogP contribution in [0.25, 0.3) is 0 Å². The van der Waals surface area contributed by atoms with Gasteiger partial charge in [-0.25, -0.2) is 0 Å². The zero-order valence-electron chi connectivity index (χ0n) is 12.6. The number of aliphatic hydroxyl groups excluding tert-OH is 1. The van der Waals surface area contributed by atoms with Gasteiger partial charge in [-0.05, 0) is 30.9 Å². The van der Waals surface area contributed by atoms with Crippen molar-refractivity contribution in [2.24, 2.45) is 0 Å². The SMILES string of the molecule is CCC(CSC)NC(=O)c1ccc(OC)c(C#CCO)c1. The lowest BCUT2D eigenvalue weighted by Gasteiger charge is -2.16. The van der Waals surface area contributed by atoms with E-state index in [9.17, 15) is 4.79 Å². The lowest BCUT2D eigenvalue weighted by molar-refractivity contribution is 0.0940. The molecule has 0 radical (unpaired) electrons. The van der Waals surface area contributed by atoms with Gasteiger partial charge in [0.05, 0.1) is 12.7 Å². The smallest absolute Gasteiger partial charge is 0.251 e. The van der Waals surface area contributed by atoms with Gasteiger partial charge in [0.2, 0.25) is 0 Å². The number of thioether (sulfide) groups is 1. The predicted molar refractivity (Wildman–Crippen MR) is 86.9 cm³/mol. The summed E-state index contributed by atoms with van der Waals surface area (Å²) in [5.41, 5.74) is 1.13. The average Bonchev–Trinajstić information content (AvgIpc) is 2.51. The van der Waals surface area contributed by atoms with Crippen molar-refractivity contribution in [3.8, 4) is 17.6 Å². The first kappa shape index (κ1) is 17.4. The molecule has 1 aromatic carbocycles. The Bertz CT molecular complexity index is 534. The first-order valence-electron chi connectivity index (χ1n) is 6.73. The maximum absolute atomic E-state index is 12.3. The number of methoxy groups -OCH3 is 1. The summed E-state index contributed by atoms with van der Waals surface area (Å²) in [7, 11) is 1.55. The van der Waals surface area contributed by atoms with Crippen molar-refractivity contribution in [3.63, 3.8) is 0 Å². The highest BCUT2D eigenvalue weighted by molar-refractivity contribution is 7.98. The number of carbonyl (C=O) groups is 1. The topological polar surface area (TPSA) is 58.6 Å². The number of hydrogen-bond acceptors (Lipinski definition) is 4. The molecule has 0 aromatic heterocycles. The summed E-state index contributed by atoms with van der Waals surface area (Å²) in [6, 6.07) is 5.26. The first-order chi connectivity index (χ1) is 10.2. The highest BCUT2D eigenvalue weighted by Gasteiger charge is 2.13. The zero-order chi connectivity index (χ0) is 15.7. The number of amides is 1. The molecule has 0 heterocycles. The number of rotatable bonds is 6. The Balaban J connectivity index is 2.94. The van der Waals surface area contributed by atoms with Crippen LogP contribution in [0.4, 0.5) is 0 Å². The molecule has 0 aliphatic heterocycles. The number of benzene rings is 1. The third kappa shape index (κ3) is 5.33. The monoisotopic (exact) mass is 307 g/mol. The largest absolute Gasteiger partial charge is 0.495 e. The van der Waals surface area contributed by atoms with Gasteiger partial charge in [-0.2, -0.15) is 11.8 Å². The van der Waals surface area contributed by atoms with E-state index >= 15 is 0 Å². The van der Waals surface area contributed by atoms with Crippen LogP contribution in [-0.4, -0.2) is 42.8 Å². The minimum atomic E-state index is -0.231. The molecule has 0 saturated heterocycles. The summed E-state index contributed by atoms with van der Waals surface area (Å²) in [6.07, 6.45) is 2.91. The Morgan fingerprint density at radius 1 is 1.52 bits per heavy atom. The van der Waals surface area contributed by atoms with Gasteiger partial charge in [-0.1, -0.05) is 18.8 Å². The van der Waals surface area contributed by atoms with Crippen molar-refractivity contribution >= 4 is 17.7 Å². The highest BCUT2D eigenvalue weighted by atomic mass is 32.2. The van der Waals surface area contributed by atoms with Crippen LogP contribution in [-0.2, 0) is 0 Å². The summed E-state index contributed by atoms with van der Waals surface area (Å²) < 4.78 is 5.20. The van der Waals surface area contributed by atoms with E-state index in [0.29, 0.717) is 16.9 Å². The van der Waals surface area contributed by atoms with Crippen molar-refractivity contribution in [2.75, 3.05) is 25.7 Å². The molecule has 5 heteroatoms. The van der Waals surface area contributed by atoms with E-state index in [1.165, 1.54) is 0 Å². The fourth-order valence-electron chi connectivity index (χ4n) is 1.81. The van der Waals surface area contributed by atoms with Crippen molar-refractivity contribution in [2.45, 2.75) is 19.4 Å². The van der Waals surface area contributed by atoms with Gasteiger partial charge in [-0.15, -0.1) is 0 Å². The normalized spacial score (nSPS) is 11.2. The molecule has 21 heavy (non-hydrogen) atoms. The summed E-state index contributed by atoms with van der Waals surface area (Å²) >= 11 is 1.71. The molecule has 0 fully saturated rings. The maximum atomic E-state index is 12.3. The average molecular weight is 307 g/mol. The molecule has 1 rings (SSSR count). The molecule has 1 amide bonds. The van der Waals surface area contributed by atoms with Gasteiger partial charge in [0.15, 0.2) is 0 Å². The second-order valence-corrected chi connectivity index (χ2v) is 5.32. The van der Waals surface area contributed by atoms with Gasteiger partial charge in [0.25, 0.3) is 5.91 Å². The Hall–Kier alpha value is -1.64. The molecule has 1 unspecified atom stereocenters. The minimum absolute atomic E-state index is 0.120. The molecule has 114 valence electrons. The van der Waals surface area contributed by atoms with Gasteiger partial charge in [0.1, 0.15) is 12.4 Å². The van der Waals surface area contributed by atoms with Crippen LogP contribution in [0, 0.1) is 11.8 Å². The molecule has 1 aromatic rings. The highest BCUT2D eigenvalue weighted by Crippen LogP contribution is 2.19. The molecule has 4 nitrogen and oxygen atoms in total. The van der Waals surface area contributed by atoms with E-state index in [4.69, 9.17) is 9.84 Å². The van der Waals surface area contributed by atoms with Crippen LogP contribution in [0.2, 0.25) is 0 Å². The van der Waals surface area contributed by atoms with Crippen LogP contribution < -0.4 is 10.1 Å². The van der Waals surface area contributed by atoms with Crippen LogP contribution in [0.3, 0.4) is 0 Å². The fourth-order valence-corrected chi connectivity index (χ4v) is 2.53. The van der Waals surface area contributed by atoms with E-state index in [1.807, 2.05) is 13.2 Å². The van der Waals surface area contributed by atoms with Crippen molar-refractivity contribution < 1.29 is 14.6 Å². The quantitative estimate of drug-likeness (QED) is 0.788. The molecule has 1 atom stereocenters. The van der Waals surface area contributed by atoms with Crippen molar-refractivity contribution in [1.29, 1.82) is 0 Å². The number of ether oxygens (including phenoxy) is 1. The van der Waals surface area contributed by atoms with E-state index < -0.39 is 0 Å². The Kier molecular flexibility index (Phi) is 7.73. The molecule has 0 bridgehead atoms. The zero-order valence-corrected chi connectivity index (χ0v) is 13.4. The molecular weight excluding hydrogens is 286 g/mol. The third-order valence-corrected chi connectivity index (χ3v) is 3.70. The van der Waals surface area contributed by atoms with Gasteiger partial charge < -0.3 is 15.2 Å². The molecule has 0 aliphatic carbocycles. The van der Waals surface area contributed by atoms with E-state index in [-0.39, 0.29) is 18.6 Å². The van der Waals surface area contributed by atoms with Gasteiger partial charge in [0, 0.05) is 17.4 Å². The van der Waals surface area contributed by atoms with Crippen molar-refractivity contribution in [1.82, 2.24) is 5.32 Å². The van der Waals surface area contributed by atoms with Crippen LogP contribution in [0.1, 0.15) is 29.3 Å². The van der Waals surface area contributed by atoms with Crippen LogP contribution in [0.15, 0.2) is 18.2 Å². The lowest BCUT2D eigenvalue weighted by Crippen LogP contribution is -2.36. The van der Waals surface area contributed by atoms with Crippen molar-refractivity contribution in [3.05, 3.63) is 29.3 Å². The molecule has 0 saturated carbocycles. The molecule has 2 N–H and O–H groups in total. The third-order valence-electron chi connectivity index (χ3n) is 2.96. The van der Waals surface area contributed by atoms with Crippen LogP contribution in [0.5, 0.6) is 5.75 Å². The second-order valence-electron chi connectivity index (χ2n) is 4.41. The summed E-state index contributed by atoms with van der Waals surface area (Å²) in [5, 5.41) is 11.8.